The minimum atomic E-state index is -0.0770. The van der Waals surface area contributed by atoms with E-state index in [-0.39, 0.29) is 5.91 Å². The highest BCUT2D eigenvalue weighted by molar-refractivity contribution is 5.96. The molecular weight excluding hydrogens is 328 g/mol. The molecular formula is C20H24N4O2. The molecule has 0 spiro atoms. The fourth-order valence-electron chi connectivity index (χ4n) is 3.16. The number of carbonyl (C=O) groups is 1. The Hall–Kier alpha value is -2.89. The van der Waals surface area contributed by atoms with Crippen LogP contribution in [-0.4, -0.2) is 32.8 Å². The molecule has 26 heavy (non-hydrogen) atoms. The molecule has 3 rings (SSSR count). The van der Waals surface area contributed by atoms with Crippen LogP contribution in [0.15, 0.2) is 34.9 Å². The van der Waals surface area contributed by atoms with Crippen LogP contribution in [0.4, 0.5) is 0 Å². The van der Waals surface area contributed by atoms with E-state index in [4.69, 9.17) is 4.52 Å². The summed E-state index contributed by atoms with van der Waals surface area (Å²) in [6.07, 6.45) is 0.663. The van der Waals surface area contributed by atoms with Crippen molar-refractivity contribution in [1.29, 1.82) is 0 Å². The second-order valence-electron chi connectivity index (χ2n) is 6.47. The Morgan fingerprint density at radius 3 is 2.54 bits per heavy atom. The predicted molar refractivity (Wildman–Crippen MR) is 99.5 cm³/mol. The number of benzene rings is 1. The van der Waals surface area contributed by atoms with Crippen LogP contribution in [0.2, 0.25) is 0 Å². The Morgan fingerprint density at radius 2 is 1.88 bits per heavy atom. The lowest BCUT2D eigenvalue weighted by Gasteiger charge is -2.17. The van der Waals surface area contributed by atoms with Gasteiger partial charge in [-0.25, -0.2) is 4.68 Å². The number of rotatable bonds is 5. The maximum absolute atomic E-state index is 12.9. The van der Waals surface area contributed by atoms with E-state index in [1.165, 1.54) is 0 Å². The molecule has 0 aliphatic rings. The molecule has 1 amide bonds. The van der Waals surface area contributed by atoms with Crippen LogP contribution >= 0.6 is 0 Å². The number of amides is 1. The first-order valence-electron chi connectivity index (χ1n) is 8.75. The molecule has 3 aromatic rings. The number of para-hydroxylation sites is 1. The molecule has 2 heterocycles. The van der Waals surface area contributed by atoms with Crippen LogP contribution in [0.3, 0.4) is 0 Å². The van der Waals surface area contributed by atoms with Gasteiger partial charge in [0.1, 0.15) is 11.3 Å². The van der Waals surface area contributed by atoms with Crippen LogP contribution < -0.4 is 0 Å². The molecule has 0 bridgehead atoms. The molecule has 2 aromatic heterocycles. The van der Waals surface area contributed by atoms with Crippen molar-refractivity contribution >= 4 is 5.91 Å². The molecule has 0 saturated heterocycles. The van der Waals surface area contributed by atoms with Crippen molar-refractivity contribution in [3.05, 3.63) is 64.3 Å². The van der Waals surface area contributed by atoms with Gasteiger partial charge in [0.15, 0.2) is 0 Å². The van der Waals surface area contributed by atoms with E-state index < -0.39 is 0 Å². The average molecular weight is 352 g/mol. The fourth-order valence-corrected chi connectivity index (χ4v) is 3.16. The standard InChI is InChI=1S/C20H24N4O2/c1-6-18-19(15(4)26-22-18)20(25)23(5)12-17-13(2)21-24(14(17)3)16-10-8-7-9-11-16/h7-11H,6,12H2,1-5H3. The fraction of sp³-hybridized carbons (Fsp3) is 0.350. The first-order valence-corrected chi connectivity index (χ1v) is 8.75. The van der Waals surface area contributed by atoms with Crippen molar-refractivity contribution < 1.29 is 9.32 Å². The number of aromatic nitrogens is 3. The van der Waals surface area contributed by atoms with Gasteiger partial charge in [-0.1, -0.05) is 30.3 Å². The first kappa shape index (κ1) is 17.9. The molecule has 0 fully saturated rings. The number of hydrogen-bond donors (Lipinski definition) is 0. The van der Waals surface area contributed by atoms with Gasteiger partial charge in [0.2, 0.25) is 0 Å². The Morgan fingerprint density at radius 1 is 1.19 bits per heavy atom. The molecule has 6 nitrogen and oxygen atoms in total. The molecule has 0 aliphatic carbocycles. The number of hydrogen-bond acceptors (Lipinski definition) is 4. The number of aryl methyl sites for hydroxylation is 3. The molecule has 0 radical (unpaired) electrons. The first-order chi connectivity index (χ1) is 12.4. The molecule has 0 atom stereocenters. The number of carbonyl (C=O) groups excluding carboxylic acids is 1. The van der Waals surface area contributed by atoms with Crippen molar-refractivity contribution in [2.45, 2.75) is 40.7 Å². The van der Waals surface area contributed by atoms with Crippen molar-refractivity contribution in [3.8, 4) is 5.69 Å². The number of nitrogens with zero attached hydrogens (tertiary/aromatic N) is 4. The van der Waals surface area contributed by atoms with E-state index in [9.17, 15) is 4.79 Å². The Kier molecular flexibility index (Phi) is 4.93. The van der Waals surface area contributed by atoms with Crippen molar-refractivity contribution in [3.63, 3.8) is 0 Å². The van der Waals surface area contributed by atoms with Gasteiger partial charge in [-0.05, 0) is 39.3 Å². The summed E-state index contributed by atoms with van der Waals surface area (Å²) in [5.41, 5.74) is 5.29. The molecule has 136 valence electrons. The Bertz CT molecular complexity index is 925. The van der Waals surface area contributed by atoms with Gasteiger partial charge < -0.3 is 9.42 Å². The van der Waals surface area contributed by atoms with Crippen LogP contribution in [0, 0.1) is 20.8 Å². The largest absolute Gasteiger partial charge is 0.361 e. The highest BCUT2D eigenvalue weighted by Gasteiger charge is 2.24. The summed E-state index contributed by atoms with van der Waals surface area (Å²) < 4.78 is 7.13. The summed E-state index contributed by atoms with van der Waals surface area (Å²) in [6.45, 7) is 8.23. The van der Waals surface area contributed by atoms with Gasteiger partial charge in [0.05, 0.1) is 17.1 Å². The van der Waals surface area contributed by atoms with Crippen LogP contribution in [0.25, 0.3) is 5.69 Å². The second kappa shape index (κ2) is 7.15. The lowest BCUT2D eigenvalue weighted by Crippen LogP contribution is -2.27. The maximum Gasteiger partial charge on any atom is 0.259 e. The lowest BCUT2D eigenvalue weighted by atomic mass is 10.1. The quantitative estimate of drug-likeness (QED) is 0.703. The van der Waals surface area contributed by atoms with E-state index in [1.807, 2.05) is 55.8 Å². The minimum Gasteiger partial charge on any atom is -0.361 e. The van der Waals surface area contributed by atoms with Gasteiger partial charge in [-0.2, -0.15) is 5.10 Å². The Labute approximate surface area is 153 Å². The summed E-state index contributed by atoms with van der Waals surface area (Å²) in [5, 5.41) is 8.64. The van der Waals surface area contributed by atoms with Crippen LogP contribution in [0.1, 0.15) is 45.7 Å². The normalized spacial score (nSPS) is 11.0. The van der Waals surface area contributed by atoms with E-state index in [2.05, 4.69) is 10.3 Å². The molecule has 0 aliphatic heterocycles. The summed E-state index contributed by atoms with van der Waals surface area (Å²) in [4.78, 5) is 14.6. The predicted octanol–water partition coefficient (Wildman–Crippen LogP) is 3.62. The lowest BCUT2D eigenvalue weighted by molar-refractivity contribution is 0.0782. The smallest absolute Gasteiger partial charge is 0.259 e. The van der Waals surface area contributed by atoms with Gasteiger partial charge in [-0.3, -0.25) is 4.79 Å². The summed E-state index contributed by atoms with van der Waals surface area (Å²) in [5.74, 6) is 0.485. The third-order valence-electron chi connectivity index (χ3n) is 4.67. The van der Waals surface area contributed by atoms with Crippen molar-refractivity contribution in [1.82, 2.24) is 19.8 Å². The van der Waals surface area contributed by atoms with E-state index in [0.717, 1.165) is 22.6 Å². The topological polar surface area (TPSA) is 64.2 Å². The Balaban J connectivity index is 1.88. The van der Waals surface area contributed by atoms with Gasteiger partial charge in [0, 0.05) is 24.8 Å². The highest BCUT2D eigenvalue weighted by Crippen LogP contribution is 2.21. The van der Waals surface area contributed by atoms with Gasteiger partial charge >= 0.3 is 0 Å². The average Bonchev–Trinajstić information content (AvgIpc) is 3.16. The monoisotopic (exact) mass is 352 g/mol. The second-order valence-corrected chi connectivity index (χ2v) is 6.47. The highest BCUT2D eigenvalue weighted by atomic mass is 16.5. The zero-order valence-corrected chi connectivity index (χ0v) is 15.9. The third-order valence-corrected chi connectivity index (χ3v) is 4.67. The SMILES string of the molecule is CCc1noc(C)c1C(=O)N(C)Cc1c(C)nn(-c2ccccc2)c1C. The maximum atomic E-state index is 12.9. The van der Waals surface area contributed by atoms with Crippen LogP contribution in [0.5, 0.6) is 0 Å². The molecule has 6 heteroatoms. The molecule has 0 unspecified atom stereocenters. The van der Waals surface area contributed by atoms with Gasteiger partial charge in [-0.15, -0.1) is 0 Å². The minimum absolute atomic E-state index is 0.0770. The summed E-state index contributed by atoms with van der Waals surface area (Å²) in [7, 11) is 1.80. The van der Waals surface area contributed by atoms with Crippen molar-refractivity contribution in [2.75, 3.05) is 7.05 Å². The van der Waals surface area contributed by atoms with Crippen LogP contribution in [-0.2, 0) is 13.0 Å². The zero-order valence-electron chi connectivity index (χ0n) is 15.9. The van der Waals surface area contributed by atoms with E-state index >= 15 is 0 Å². The van der Waals surface area contributed by atoms with E-state index in [0.29, 0.717) is 30.0 Å². The van der Waals surface area contributed by atoms with Crippen molar-refractivity contribution in [2.24, 2.45) is 0 Å². The summed E-state index contributed by atoms with van der Waals surface area (Å²) in [6, 6.07) is 10.00. The van der Waals surface area contributed by atoms with E-state index in [1.54, 1.807) is 18.9 Å². The summed E-state index contributed by atoms with van der Waals surface area (Å²) >= 11 is 0. The molecule has 0 saturated carbocycles. The molecule has 1 aromatic carbocycles. The molecule has 0 N–H and O–H groups in total. The van der Waals surface area contributed by atoms with Gasteiger partial charge in [0.25, 0.3) is 5.91 Å². The zero-order chi connectivity index (χ0) is 18.8. The third kappa shape index (κ3) is 3.14.